The average Bonchev–Trinajstić information content (AvgIpc) is 2.80. The zero-order valence-electron chi connectivity index (χ0n) is 18.1. The summed E-state index contributed by atoms with van der Waals surface area (Å²) in [4.78, 5) is 17.5. The molecule has 30 heavy (non-hydrogen) atoms. The van der Waals surface area contributed by atoms with Crippen LogP contribution in [0.5, 0.6) is 5.75 Å². The molecule has 0 saturated carbocycles. The van der Waals surface area contributed by atoms with E-state index in [1.54, 1.807) is 0 Å². The molecule has 4 rings (SSSR count). The first-order chi connectivity index (χ1) is 14.7. The van der Waals surface area contributed by atoms with E-state index < -0.39 is 0 Å². The Morgan fingerprint density at radius 1 is 0.900 bits per heavy atom. The largest absolute Gasteiger partial charge is 0.490 e. The average molecular weight is 407 g/mol. The molecule has 2 heterocycles. The van der Waals surface area contributed by atoms with Crippen LogP contribution in [-0.4, -0.2) is 54.0 Å². The van der Waals surface area contributed by atoms with Gasteiger partial charge in [-0.15, -0.1) is 0 Å². The number of hydrogen-bond acceptors (Lipinski definition) is 3. The highest BCUT2D eigenvalue weighted by Gasteiger charge is 2.31. The molecule has 0 aliphatic carbocycles. The summed E-state index contributed by atoms with van der Waals surface area (Å²) in [7, 11) is 0. The Kier molecular flexibility index (Phi) is 7.06. The van der Waals surface area contributed by atoms with Crippen LogP contribution in [0.1, 0.15) is 38.2 Å². The Bertz CT molecular complexity index is 779. The second kappa shape index (κ2) is 10.1. The summed E-state index contributed by atoms with van der Waals surface area (Å²) < 4.78 is 6.10. The lowest BCUT2D eigenvalue weighted by Gasteiger charge is -2.39. The molecule has 0 radical (unpaired) electrons. The van der Waals surface area contributed by atoms with Crippen LogP contribution >= 0.6 is 0 Å². The van der Waals surface area contributed by atoms with Crippen molar-refractivity contribution in [2.75, 3.05) is 26.2 Å². The van der Waals surface area contributed by atoms with Gasteiger partial charge >= 0.3 is 0 Å². The van der Waals surface area contributed by atoms with Gasteiger partial charge in [-0.25, -0.2) is 0 Å². The van der Waals surface area contributed by atoms with E-state index in [4.69, 9.17) is 4.74 Å². The van der Waals surface area contributed by atoms with Gasteiger partial charge in [0.1, 0.15) is 11.9 Å². The zero-order chi connectivity index (χ0) is 20.8. The lowest BCUT2D eigenvalue weighted by molar-refractivity contribution is -0.138. The van der Waals surface area contributed by atoms with Gasteiger partial charge in [0.15, 0.2) is 0 Å². The van der Waals surface area contributed by atoms with Crippen molar-refractivity contribution < 1.29 is 9.53 Å². The van der Waals surface area contributed by atoms with Crippen molar-refractivity contribution >= 4 is 5.91 Å². The summed E-state index contributed by atoms with van der Waals surface area (Å²) in [6, 6.07) is 20.7. The maximum atomic E-state index is 13.1. The number of ether oxygens (including phenoxy) is 1. The van der Waals surface area contributed by atoms with Crippen LogP contribution in [0.2, 0.25) is 0 Å². The molecule has 2 aromatic carbocycles. The molecule has 1 atom stereocenters. The number of carbonyl (C=O) groups is 1. The highest BCUT2D eigenvalue weighted by molar-refractivity contribution is 5.81. The highest BCUT2D eigenvalue weighted by Crippen LogP contribution is 2.24. The fraction of sp³-hybridized carbons (Fsp3) is 0.500. The van der Waals surface area contributed by atoms with E-state index in [2.05, 4.69) is 47.1 Å². The standard InChI is InChI=1S/C26H34N2O2/c1-21(27-18-14-25(15-19-27)30-24-10-6-3-7-11-24)26(29)28-16-12-23(13-17-28)20-22-8-4-2-5-9-22/h2-11,21,23,25H,12-20H2,1H3/t21-/m1/s1. The number of likely N-dealkylation sites (tertiary alicyclic amines) is 2. The Morgan fingerprint density at radius 2 is 1.50 bits per heavy atom. The smallest absolute Gasteiger partial charge is 0.239 e. The van der Waals surface area contributed by atoms with E-state index in [1.165, 1.54) is 5.56 Å². The molecule has 0 spiro atoms. The van der Waals surface area contributed by atoms with Crippen molar-refractivity contribution in [3.05, 3.63) is 66.2 Å². The number of amides is 1. The third-order valence-corrected chi connectivity index (χ3v) is 6.72. The van der Waals surface area contributed by atoms with Gasteiger partial charge in [-0.1, -0.05) is 48.5 Å². The van der Waals surface area contributed by atoms with Crippen LogP contribution in [0.25, 0.3) is 0 Å². The number of rotatable bonds is 6. The second-order valence-electron chi connectivity index (χ2n) is 8.80. The van der Waals surface area contributed by atoms with Gasteiger partial charge < -0.3 is 9.64 Å². The van der Waals surface area contributed by atoms with Crippen LogP contribution in [-0.2, 0) is 11.2 Å². The van der Waals surface area contributed by atoms with Crippen molar-refractivity contribution in [3.8, 4) is 5.75 Å². The van der Waals surface area contributed by atoms with E-state index in [-0.39, 0.29) is 12.1 Å². The molecule has 2 aliphatic rings. The Balaban J connectivity index is 1.21. The molecule has 1 amide bonds. The van der Waals surface area contributed by atoms with E-state index in [1.807, 2.05) is 30.3 Å². The molecule has 0 aromatic heterocycles. The monoisotopic (exact) mass is 406 g/mol. The minimum absolute atomic E-state index is 0.0339. The first-order valence-electron chi connectivity index (χ1n) is 11.5. The minimum atomic E-state index is -0.0339. The molecule has 4 heteroatoms. The Morgan fingerprint density at radius 3 is 2.13 bits per heavy atom. The summed E-state index contributed by atoms with van der Waals surface area (Å²) in [6.07, 6.45) is 5.56. The summed E-state index contributed by atoms with van der Waals surface area (Å²) in [5, 5.41) is 0. The van der Waals surface area contributed by atoms with Gasteiger partial charge in [-0.05, 0) is 62.6 Å². The number of para-hydroxylation sites is 1. The first kappa shape index (κ1) is 20.9. The molecule has 2 saturated heterocycles. The van der Waals surface area contributed by atoms with Crippen molar-refractivity contribution in [2.24, 2.45) is 5.92 Å². The van der Waals surface area contributed by atoms with Gasteiger partial charge in [0.25, 0.3) is 0 Å². The number of hydrogen-bond donors (Lipinski definition) is 0. The topological polar surface area (TPSA) is 32.8 Å². The predicted molar refractivity (Wildman–Crippen MR) is 121 cm³/mol. The number of carbonyl (C=O) groups excluding carboxylic acids is 1. The molecule has 160 valence electrons. The van der Waals surface area contributed by atoms with Gasteiger partial charge in [0.2, 0.25) is 5.91 Å². The lowest BCUT2D eigenvalue weighted by atomic mass is 9.90. The molecule has 0 unspecified atom stereocenters. The molecule has 2 fully saturated rings. The van der Waals surface area contributed by atoms with Crippen molar-refractivity contribution in [1.82, 2.24) is 9.80 Å². The van der Waals surface area contributed by atoms with Crippen LogP contribution in [0.3, 0.4) is 0 Å². The summed E-state index contributed by atoms with van der Waals surface area (Å²) in [6.45, 7) is 5.73. The molecule has 0 bridgehead atoms. The second-order valence-corrected chi connectivity index (χ2v) is 8.80. The van der Waals surface area contributed by atoms with E-state index in [0.29, 0.717) is 11.8 Å². The van der Waals surface area contributed by atoms with Crippen LogP contribution in [0, 0.1) is 5.92 Å². The van der Waals surface area contributed by atoms with Crippen LogP contribution in [0.4, 0.5) is 0 Å². The lowest BCUT2D eigenvalue weighted by Crippen LogP contribution is -2.52. The zero-order valence-corrected chi connectivity index (χ0v) is 18.1. The maximum absolute atomic E-state index is 13.1. The number of piperidine rings is 2. The van der Waals surface area contributed by atoms with Gasteiger partial charge in [-0.2, -0.15) is 0 Å². The van der Waals surface area contributed by atoms with Crippen LogP contribution < -0.4 is 4.74 Å². The number of benzene rings is 2. The summed E-state index contributed by atoms with van der Waals surface area (Å²) in [5.74, 6) is 1.94. The highest BCUT2D eigenvalue weighted by atomic mass is 16.5. The van der Waals surface area contributed by atoms with Gasteiger partial charge in [0, 0.05) is 26.2 Å². The quantitative estimate of drug-likeness (QED) is 0.713. The van der Waals surface area contributed by atoms with Crippen molar-refractivity contribution in [2.45, 2.75) is 51.2 Å². The molecule has 2 aromatic rings. The first-order valence-corrected chi connectivity index (χ1v) is 11.5. The summed E-state index contributed by atoms with van der Waals surface area (Å²) >= 11 is 0. The molecule has 2 aliphatic heterocycles. The van der Waals surface area contributed by atoms with Crippen molar-refractivity contribution in [1.29, 1.82) is 0 Å². The molecule has 4 nitrogen and oxygen atoms in total. The normalized spacial score (nSPS) is 20.1. The summed E-state index contributed by atoms with van der Waals surface area (Å²) in [5.41, 5.74) is 1.41. The third kappa shape index (κ3) is 5.42. The third-order valence-electron chi connectivity index (χ3n) is 6.72. The van der Waals surface area contributed by atoms with Gasteiger partial charge in [-0.3, -0.25) is 9.69 Å². The molecular formula is C26H34N2O2. The molecule has 0 N–H and O–H groups in total. The van der Waals surface area contributed by atoms with Crippen LogP contribution in [0.15, 0.2) is 60.7 Å². The maximum Gasteiger partial charge on any atom is 0.239 e. The van der Waals surface area contributed by atoms with Crippen molar-refractivity contribution in [3.63, 3.8) is 0 Å². The Labute approximate surface area is 180 Å². The molecular weight excluding hydrogens is 372 g/mol. The van der Waals surface area contributed by atoms with E-state index >= 15 is 0 Å². The fourth-order valence-corrected chi connectivity index (χ4v) is 4.80. The number of nitrogens with zero attached hydrogens (tertiary/aromatic N) is 2. The Hall–Kier alpha value is -2.33. The van der Waals surface area contributed by atoms with Gasteiger partial charge in [0.05, 0.1) is 6.04 Å². The SMILES string of the molecule is C[C@H](C(=O)N1CCC(Cc2ccccc2)CC1)N1CCC(Oc2ccccc2)CC1. The minimum Gasteiger partial charge on any atom is -0.490 e. The predicted octanol–water partition coefficient (Wildman–Crippen LogP) is 4.40. The van der Waals surface area contributed by atoms with E-state index in [0.717, 1.165) is 64.0 Å². The fourth-order valence-electron chi connectivity index (χ4n) is 4.80. The van der Waals surface area contributed by atoms with E-state index in [9.17, 15) is 4.79 Å².